The number of nitrogens with zero attached hydrogens (tertiary/aromatic N) is 4. The van der Waals surface area contributed by atoms with Gasteiger partial charge in [-0.15, -0.1) is 0 Å². The number of halogens is 2. The first kappa shape index (κ1) is 15.7. The summed E-state index contributed by atoms with van der Waals surface area (Å²) in [5, 5.41) is 4.34. The molecule has 0 unspecified atom stereocenters. The Bertz CT molecular complexity index is 945. The molecule has 7 nitrogen and oxygen atoms in total. The summed E-state index contributed by atoms with van der Waals surface area (Å²) in [5.41, 5.74) is 0. The van der Waals surface area contributed by atoms with Gasteiger partial charge in [0.05, 0.1) is 5.02 Å². The molecular formula is C13H9Cl2N5O2S. The molecule has 0 fully saturated rings. The minimum Gasteiger partial charge on any atom is -0.263 e. The van der Waals surface area contributed by atoms with E-state index < -0.39 is 10.0 Å². The van der Waals surface area contributed by atoms with E-state index in [2.05, 4.69) is 19.8 Å². The molecule has 2 aromatic heterocycles. The van der Waals surface area contributed by atoms with Gasteiger partial charge in [-0.3, -0.25) is 4.72 Å². The lowest BCUT2D eigenvalue weighted by atomic mass is 10.4. The van der Waals surface area contributed by atoms with Crippen LogP contribution in [-0.4, -0.2) is 28.2 Å². The fourth-order valence-corrected chi connectivity index (χ4v) is 3.57. The molecule has 23 heavy (non-hydrogen) atoms. The van der Waals surface area contributed by atoms with Crippen LogP contribution in [0.1, 0.15) is 0 Å². The van der Waals surface area contributed by atoms with Crippen LogP contribution in [0, 0.1) is 0 Å². The van der Waals surface area contributed by atoms with E-state index in [1.54, 1.807) is 18.5 Å². The Morgan fingerprint density at radius 2 is 1.96 bits per heavy atom. The summed E-state index contributed by atoms with van der Waals surface area (Å²) in [6.45, 7) is 0. The zero-order valence-corrected chi connectivity index (χ0v) is 13.7. The summed E-state index contributed by atoms with van der Waals surface area (Å²) in [6.07, 6.45) is 4.49. The van der Waals surface area contributed by atoms with Crippen LogP contribution in [0.4, 0.5) is 5.82 Å². The molecule has 3 aromatic rings. The summed E-state index contributed by atoms with van der Waals surface area (Å²) in [5.74, 6) is 0.501. The zero-order chi connectivity index (χ0) is 16.4. The Morgan fingerprint density at radius 3 is 2.70 bits per heavy atom. The van der Waals surface area contributed by atoms with E-state index in [1.807, 2.05) is 0 Å². The van der Waals surface area contributed by atoms with Gasteiger partial charge in [-0.2, -0.15) is 5.10 Å². The fourth-order valence-electron chi connectivity index (χ4n) is 1.81. The predicted molar refractivity (Wildman–Crippen MR) is 86.4 cm³/mol. The smallest absolute Gasteiger partial charge is 0.263 e. The first-order chi connectivity index (χ1) is 11.0. The van der Waals surface area contributed by atoms with E-state index >= 15 is 0 Å². The summed E-state index contributed by atoms with van der Waals surface area (Å²) < 4.78 is 28.7. The molecule has 3 rings (SSSR count). The molecule has 0 saturated heterocycles. The van der Waals surface area contributed by atoms with Crippen LogP contribution >= 0.6 is 23.2 Å². The lowest BCUT2D eigenvalue weighted by Crippen LogP contribution is -2.15. The monoisotopic (exact) mass is 369 g/mol. The van der Waals surface area contributed by atoms with Crippen molar-refractivity contribution in [3.63, 3.8) is 0 Å². The number of hydrogen-bond donors (Lipinski definition) is 1. The SMILES string of the molecule is O=S(=O)(Nc1cc(-n2cccn2)ncn1)c1cc(Cl)ccc1Cl. The van der Waals surface area contributed by atoms with Gasteiger partial charge in [0, 0.05) is 23.5 Å². The number of nitrogens with one attached hydrogen (secondary N) is 1. The molecular weight excluding hydrogens is 361 g/mol. The van der Waals surface area contributed by atoms with Crippen molar-refractivity contribution in [1.82, 2.24) is 19.7 Å². The Hall–Kier alpha value is -2.16. The van der Waals surface area contributed by atoms with Crippen LogP contribution in [0.3, 0.4) is 0 Å². The average molecular weight is 370 g/mol. The van der Waals surface area contributed by atoms with Gasteiger partial charge < -0.3 is 0 Å². The first-order valence-corrected chi connectivity index (χ1v) is 8.49. The van der Waals surface area contributed by atoms with Crippen LogP contribution in [0.5, 0.6) is 0 Å². The van der Waals surface area contributed by atoms with Crippen LogP contribution in [0.2, 0.25) is 10.0 Å². The molecule has 0 aliphatic rings. The van der Waals surface area contributed by atoms with Gasteiger partial charge in [0.15, 0.2) is 5.82 Å². The lowest BCUT2D eigenvalue weighted by Gasteiger charge is -2.10. The van der Waals surface area contributed by atoms with E-state index in [4.69, 9.17) is 23.2 Å². The maximum Gasteiger partial charge on any atom is 0.264 e. The second kappa shape index (κ2) is 6.15. The third-order valence-corrected chi connectivity index (χ3v) is 4.88. The number of benzene rings is 1. The summed E-state index contributed by atoms with van der Waals surface area (Å²) in [7, 11) is -3.94. The van der Waals surface area contributed by atoms with E-state index in [1.165, 1.54) is 35.3 Å². The Kier molecular flexibility index (Phi) is 4.20. The molecule has 0 radical (unpaired) electrons. The number of aromatic nitrogens is 4. The molecule has 0 spiro atoms. The van der Waals surface area contributed by atoms with Gasteiger partial charge in [0.1, 0.15) is 17.0 Å². The van der Waals surface area contributed by atoms with E-state index in [-0.39, 0.29) is 20.8 Å². The first-order valence-electron chi connectivity index (χ1n) is 6.26. The van der Waals surface area contributed by atoms with Gasteiger partial charge in [-0.1, -0.05) is 23.2 Å². The molecule has 118 valence electrons. The van der Waals surface area contributed by atoms with Crippen molar-refractivity contribution in [2.75, 3.05) is 4.72 Å². The van der Waals surface area contributed by atoms with Crippen molar-refractivity contribution in [1.29, 1.82) is 0 Å². The van der Waals surface area contributed by atoms with Crippen molar-refractivity contribution in [2.45, 2.75) is 4.90 Å². The average Bonchev–Trinajstić information content (AvgIpc) is 3.04. The second-order valence-electron chi connectivity index (χ2n) is 4.39. The van der Waals surface area contributed by atoms with Crippen LogP contribution in [-0.2, 0) is 10.0 Å². The highest BCUT2D eigenvalue weighted by molar-refractivity contribution is 7.92. The van der Waals surface area contributed by atoms with Gasteiger partial charge in [0.25, 0.3) is 10.0 Å². The van der Waals surface area contributed by atoms with Crippen molar-refractivity contribution in [3.8, 4) is 5.82 Å². The number of hydrogen-bond acceptors (Lipinski definition) is 5. The third kappa shape index (κ3) is 3.44. The summed E-state index contributed by atoms with van der Waals surface area (Å²) in [6, 6.07) is 7.35. The number of rotatable bonds is 4. The Labute approximate surface area is 142 Å². The highest BCUT2D eigenvalue weighted by Gasteiger charge is 2.19. The number of sulfonamides is 1. The fraction of sp³-hybridized carbons (Fsp3) is 0. The van der Waals surface area contributed by atoms with E-state index in [9.17, 15) is 8.42 Å². The Morgan fingerprint density at radius 1 is 1.13 bits per heavy atom. The van der Waals surface area contributed by atoms with Gasteiger partial charge in [-0.05, 0) is 24.3 Å². The molecule has 0 saturated carbocycles. The van der Waals surface area contributed by atoms with Crippen molar-refractivity contribution in [2.24, 2.45) is 0 Å². The highest BCUT2D eigenvalue weighted by Crippen LogP contribution is 2.26. The van der Waals surface area contributed by atoms with E-state index in [0.29, 0.717) is 5.82 Å². The molecule has 0 amide bonds. The largest absolute Gasteiger partial charge is 0.264 e. The molecule has 0 aliphatic heterocycles. The summed E-state index contributed by atoms with van der Waals surface area (Å²) in [4.78, 5) is 7.78. The minimum atomic E-state index is -3.94. The van der Waals surface area contributed by atoms with Gasteiger partial charge in [0.2, 0.25) is 0 Å². The standard InChI is InChI=1S/C13H9Cl2N5O2S/c14-9-2-3-10(15)11(6-9)23(21,22)19-12-7-13(17-8-16-12)20-5-1-4-18-20/h1-8H,(H,16,17,19). The molecule has 1 N–H and O–H groups in total. The predicted octanol–water partition coefficient (Wildman–Crippen LogP) is 2.77. The normalized spacial score (nSPS) is 11.4. The summed E-state index contributed by atoms with van der Waals surface area (Å²) >= 11 is 11.8. The number of anilines is 1. The quantitative estimate of drug-likeness (QED) is 0.763. The van der Waals surface area contributed by atoms with Crippen molar-refractivity contribution < 1.29 is 8.42 Å². The molecule has 0 aliphatic carbocycles. The highest BCUT2D eigenvalue weighted by atomic mass is 35.5. The van der Waals surface area contributed by atoms with E-state index in [0.717, 1.165) is 0 Å². The van der Waals surface area contributed by atoms with Gasteiger partial charge >= 0.3 is 0 Å². The van der Waals surface area contributed by atoms with Crippen molar-refractivity contribution in [3.05, 3.63) is 59.1 Å². The van der Waals surface area contributed by atoms with Gasteiger partial charge in [-0.25, -0.2) is 23.1 Å². The third-order valence-electron chi connectivity index (χ3n) is 2.81. The molecule has 2 heterocycles. The van der Waals surface area contributed by atoms with Crippen LogP contribution in [0.15, 0.2) is 53.9 Å². The maximum atomic E-state index is 12.4. The minimum absolute atomic E-state index is 0.0586. The topological polar surface area (TPSA) is 89.8 Å². The van der Waals surface area contributed by atoms with Crippen molar-refractivity contribution >= 4 is 39.0 Å². The molecule has 10 heteroatoms. The molecule has 1 aromatic carbocycles. The van der Waals surface area contributed by atoms with Crippen LogP contribution in [0.25, 0.3) is 5.82 Å². The molecule has 0 bridgehead atoms. The van der Waals surface area contributed by atoms with Crippen LogP contribution < -0.4 is 4.72 Å². The lowest BCUT2D eigenvalue weighted by molar-refractivity contribution is 0.601. The zero-order valence-electron chi connectivity index (χ0n) is 11.4. The molecule has 0 atom stereocenters. The Balaban J connectivity index is 1.95. The maximum absolute atomic E-state index is 12.4. The second-order valence-corrected chi connectivity index (χ2v) is 6.89.